The van der Waals surface area contributed by atoms with Crippen molar-refractivity contribution in [1.82, 2.24) is 0 Å². The fourth-order valence-corrected chi connectivity index (χ4v) is 2.90. The first-order chi connectivity index (χ1) is 7.36. The van der Waals surface area contributed by atoms with Gasteiger partial charge in [-0.25, -0.2) is 0 Å². The normalized spacial score (nSPS) is 22.9. The van der Waals surface area contributed by atoms with Gasteiger partial charge in [0.25, 0.3) is 0 Å². The summed E-state index contributed by atoms with van der Waals surface area (Å²) < 4.78 is 6.37. The molecule has 1 heterocycles. The second-order valence-electron chi connectivity index (χ2n) is 4.09. The molecule has 0 bridgehead atoms. The minimum atomic E-state index is 0.509. The highest BCUT2D eigenvalue weighted by molar-refractivity contribution is 14.1. The molecule has 0 radical (unpaired) electrons. The summed E-state index contributed by atoms with van der Waals surface area (Å²) in [5.74, 6) is 0. The maximum absolute atomic E-state index is 5.70. The molecule has 2 rings (SSSR count). The number of benzene rings is 1. The third-order valence-corrected chi connectivity index (χ3v) is 4.34. The average molecular weight is 316 g/mol. The Morgan fingerprint density at radius 1 is 1.33 bits per heavy atom. The zero-order valence-corrected chi connectivity index (χ0v) is 11.0. The Kier molecular flexibility index (Phi) is 4.44. The van der Waals surface area contributed by atoms with Crippen LogP contribution in [0.5, 0.6) is 0 Å². The Labute approximate surface area is 105 Å². The van der Waals surface area contributed by atoms with Crippen molar-refractivity contribution in [3.63, 3.8) is 0 Å². The Morgan fingerprint density at radius 2 is 2.13 bits per heavy atom. The van der Waals surface area contributed by atoms with Gasteiger partial charge in [-0.05, 0) is 31.2 Å². The first-order valence-electron chi connectivity index (χ1n) is 5.66. The molecule has 2 atom stereocenters. The van der Waals surface area contributed by atoms with E-state index in [0.717, 1.165) is 6.61 Å². The molecule has 0 spiro atoms. The summed E-state index contributed by atoms with van der Waals surface area (Å²) in [5, 5.41) is 0. The first kappa shape index (κ1) is 11.4. The smallest absolute Gasteiger partial charge is 0.0693 e. The van der Waals surface area contributed by atoms with Crippen LogP contribution in [0.2, 0.25) is 0 Å². The van der Waals surface area contributed by atoms with E-state index in [4.69, 9.17) is 4.74 Å². The van der Waals surface area contributed by atoms with Crippen molar-refractivity contribution in [3.05, 3.63) is 35.9 Å². The van der Waals surface area contributed by atoms with Gasteiger partial charge in [0.15, 0.2) is 0 Å². The molecule has 1 aliphatic heterocycles. The van der Waals surface area contributed by atoms with E-state index >= 15 is 0 Å². The highest BCUT2D eigenvalue weighted by Gasteiger charge is 2.23. The number of hydrogen-bond acceptors (Lipinski definition) is 1. The van der Waals surface area contributed by atoms with Crippen LogP contribution in [0.4, 0.5) is 0 Å². The van der Waals surface area contributed by atoms with E-state index in [9.17, 15) is 0 Å². The molecule has 0 aromatic heterocycles. The van der Waals surface area contributed by atoms with Crippen LogP contribution >= 0.6 is 22.6 Å². The molecule has 82 valence electrons. The van der Waals surface area contributed by atoms with Crippen LogP contribution in [0.25, 0.3) is 0 Å². The summed E-state index contributed by atoms with van der Waals surface area (Å²) in [6, 6.07) is 10.7. The first-order valence-corrected chi connectivity index (χ1v) is 6.90. The van der Waals surface area contributed by atoms with Crippen LogP contribution in [-0.2, 0) is 11.2 Å². The molecule has 2 heteroatoms. The van der Waals surface area contributed by atoms with Gasteiger partial charge in [0, 0.05) is 10.5 Å². The number of rotatable bonds is 4. The highest BCUT2D eigenvalue weighted by atomic mass is 127. The summed E-state index contributed by atoms with van der Waals surface area (Å²) >= 11 is 2.55. The molecule has 0 unspecified atom stereocenters. The predicted octanol–water partition coefficient (Wildman–Crippen LogP) is 3.60. The maximum Gasteiger partial charge on any atom is 0.0693 e. The largest absolute Gasteiger partial charge is 0.377 e. The summed E-state index contributed by atoms with van der Waals surface area (Å²) in [5.41, 5.74) is 1.44. The van der Waals surface area contributed by atoms with Gasteiger partial charge in [0.05, 0.1) is 6.10 Å². The van der Waals surface area contributed by atoms with E-state index in [1.165, 1.54) is 31.2 Å². The van der Waals surface area contributed by atoms with E-state index in [2.05, 4.69) is 52.9 Å². The zero-order valence-electron chi connectivity index (χ0n) is 8.86. The van der Waals surface area contributed by atoms with Crippen molar-refractivity contribution >= 4 is 22.6 Å². The zero-order chi connectivity index (χ0) is 10.5. The van der Waals surface area contributed by atoms with Crippen molar-refractivity contribution in [3.8, 4) is 0 Å². The van der Waals surface area contributed by atoms with Gasteiger partial charge >= 0.3 is 0 Å². The van der Waals surface area contributed by atoms with Crippen molar-refractivity contribution in [2.24, 2.45) is 0 Å². The van der Waals surface area contributed by atoms with Crippen LogP contribution in [0.1, 0.15) is 24.8 Å². The second kappa shape index (κ2) is 5.85. The van der Waals surface area contributed by atoms with Gasteiger partial charge in [-0.1, -0.05) is 52.9 Å². The Bertz CT molecular complexity index is 280. The van der Waals surface area contributed by atoms with Crippen LogP contribution in [-0.4, -0.2) is 16.6 Å². The van der Waals surface area contributed by atoms with Crippen LogP contribution in [0, 0.1) is 0 Å². The van der Waals surface area contributed by atoms with Gasteiger partial charge < -0.3 is 4.74 Å². The van der Waals surface area contributed by atoms with E-state index in [1.807, 2.05) is 0 Å². The highest BCUT2D eigenvalue weighted by Crippen LogP contribution is 2.24. The lowest BCUT2D eigenvalue weighted by Crippen LogP contribution is -2.19. The Balaban J connectivity index is 1.77. The summed E-state index contributed by atoms with van der Waals surface area (Å²) in [6.45, 7) is 0.968. The van der Waals surface area contributed by atoms with E-state index in [0.29, 0.717) is 10.0 Å². The number of ether oxygens (including phenoxy) is 1. The van der Waals surface area contributed by atoms with Gasteiger partial charge in [-0.15, -0.1) is 0 Å². The second-order valence-corrected chi connectivity index (χ2v) is 5.69. The SMILES string of the molecule is I[C@@H](CCc1ccccc1)[C@@H]1CCCO1. The molecule has 1 saturated heterocycles. The van der Waals surface area contributed by atoms with Gasteiger partial charge in [-0.2, -0.15) is 0 Å². The topological polar surface area (TPSA) is 9.23 Å². The minimum Gasteiger partial charge on any atom is -0.377 e. The predicted molar refractivity (Wildman–Crippen MR) is 71.5 cm³/mol. The molecule has 0 N–H and O–H groups in total. The molecule has 1 nitrogen and oxygen atoms in total. The van der Waals surface area contributed by atoms with E-state index < -0.39 is 0 Å². The lowest BCUT2D eigenvalue weighted by Gasteiger charge is -2.16. The van der Waals surface area contributed by atoms with E-state index in [-0.39, 0.29) is 0 Å². The molecular formula is C13H17IO. The molecule has 1 aromatic carbocycles. The summed E-state index contributed by atoms with van der Waals surface area (Å²) in [4.78, 5) is 0. The quantitative estimate of drug-likeness (QED) is 0.609. The molecule has 1 aliphatic rings. The standard InChI is InChI=1S/C13H17IO/c14-12(13-7-4-10-15-13)9-8-11-5-2-1-3-6-11/h1-3,5-6,12-13H,4,7-10H2/t12-,13-/m0/s1. The van der Waals surface area contributed by atoms with Crippen molar-refractivity contribution < 1.29 is 4.74 Å². The van der Waals surface area contributed by atoms with Crippen LogP contribution in [0.15, 0.2) is 30.3 Å². The fraction of sp³-hybridized carbons (Fsp3) is 0.538. The monoisotopic (exact) mass is 316 g/mol. The molecule has 0 aliphatic carbocycles. The van der Waals surface area contributed by atoms with E-state index in [1.54, 1.807) is 0 Å². The maximum atomic E-state index is 5.70. The molecular weight excluding hydrogens is 299 g/mol. The molecule has 0 amide bonds. The molecule has 1 aromatic rings. The summed E-state index contributed by atoms with van der Waals surface area (Å²) in [6.07, 6.45) is 5.41. The Hall–Kier alpha value is -0.0900. The van der Waals surface area contributed by atoms with Gasteiger partial charge in [0.2, 0.25) is 0 Å². The third-order valence-electron chi connectivity index (χ3n) is 2.92. The van der Waals surface area contributed by atoms with Crippen LogP contribution < -0.4 is 0 Å². The number of aryl methyl sites for hydroxylation is 1. The third kappa shape index (κ3) is 3.45. The van der Waals surface area contributed by atoms with Crippen molar-refractivity contribution in [1.29, 1.82) is 0 Å². The van der Waals surface area contributed by atoms with Crippen molar-refractivity contribution in [2.45, 2.75) is 35.7 Å². The lowest BCUT2D eigenvalue weighted by molar-refractivity contribution is 0.110. The van der Waals surface area contributed by atoms with Crippen LogP contribution in [0.3, 0.4) is 0 Å². The minimum absolute atomic E-state index is 0.509. The lowest BCUT2D eigenvalue weighted by atomic mass is 10.0. The number of hydrogen-bond donors (Lipinski definition) is 0. The van der Waals surface area contributed by atoms with Gasteiger partial charge in [0.1, 0.15) is 0 Å². The number of halogens is 1. The Morgan fingerprint density at radius 3 is 2.80 bits per heavy atom. The fourth-order valence-electron chi connectivity index (χ4n) is 2.02. The molecule has 15 heavy (non-hydrogen) atoms. The summed E-state index contributed by atoms with van der Waals surface area (Å²) in [7, 11) is 0. The molecule has 0 saturated carbocycles. The average Bonchev–Trinajstić information content (AvgIpc) is 2.81. The molecule has 1 fully saturated rings. The number of alkyl halides is 1. The van der Waals surface area contributed by atoms with Gasteiger partial charge in [-0.3, -0.25) is 0 Å². The van der Waals surface area contributed by atoms with Crippen molar-refractivity contribution in [2.75, 3.05) is 6.61 Å².